The van der Waals surface area contributed by atoms with Gasteiger partial charge in [-0.05, 0) is 74.3 Å². The molecule has 5 rings (SSSR count). The predicted octanol–water partition coefficient (Wildman–Crippen LogP) is 5.13. The Balaban J connectivity index is 1.28. The minimum absolute atomic E-state index is 0.0494. The van der Waals surface area contributed by atoms with Gasteiger partial charge in [0.2, 0.25) is 0 Å². The molecule has 0 aromatic heterocycles. The fraction of sp³-hybridized carbons (Fsp3) is 0.433. The fourth-order valence-corrected chi connectivity index (χ4v) is 6.36. The van der Waals surface area contributed by atoms with Crippen LogP contribution in [0, 0.1) is 17.5 Å². The lowest BCUT2D eigenvalue weighted by Crippen LogP contribution is -2.56. The standard InChI is InChI=1S/C30H33F3N4O4/c1-17-26(28(38)41-2)27(19-9-12-24(32)25(33)15-19)37(29(39)34-17)30(40)35-20-13-14-36(16-20)21-10-7-18(8-11-21)22-5-3-4-6-23(22)31/h3-6,9,12,15,18,20-21,27H,7-8,10-11,13-14,16H2,1-2H3,(H,34,39)(H,35,40)/t18?,20-,21?,27?/m1/s1. The number of allylic oxidation sites excluding steroid dienone is 1. The van der Waals surface area contributed by atoms with Gasteiger partial charge in [-0.2, -0.15) is 0 Å². The van der Waals surface area contributed by atoms with Crippen LogP contribution in [0.4, 0.5) is 22.8 Å². The van der Waals surface area contributed by atoms with Crippen molar-refractivity contribution < 1.29 is 32.3 Å². The Bertz CT molecular complexity index is 1380. The van der Waals surface area contributed by atoms with Crippen LogP contribution in [0.25, 0.3) is 0 Å². The molecule has 0 bridgehead atoms. The van der Waals surface area contributed by atoms with Gasteiger partial charge >= 0.3 is 18.0 Å². The zero-order chi connectivity index (χ0) is 29.3. The Morgan fingerprint density at radius 3 is 2.39 bits per heavy atom. The third-order valence-corrected chi connectivity index (χ3v) is 8.44. The number of carbonyl (C=O) groups excluding carboxylic acids is 3. The average molecular weight is 571 g/mol. The number of hydrogen-bond acceptors (Lipinski definition) is 5. The van der Waals surface area contributed by atoms with Crippen molar-refractivity contribution in [2.24, 2.45) is 0 Å². The zero-order valence-corrected chi connectivity index (χ0v) is 23.0. The summed E-state index contributed by atoms with van der Waals surface area (Å²) in [6.07, 6.45) is 4.25. The molecule has 2 aromatic rings. The first-order valence-electron chi connectivity index (χ1n) is 13.8. The summed E-state index contributed by atoms with van der Waals surface area (Å²) in [7, 11) is 1.16. The van der Waals surface area contributed by atoms with Gasteiger partial charge in [0.15, 0.2) is 11.6 Å². The van der Waals surface area contributed by atoms with E-state index < -0.39 is 35.7 Å². The van der Waals surface area contributed by atoms with E-state index >= 15 is 0 Å². The first-order valence-corrected chi connectivity index (χ1v) is 13.8. The van der Waals surface area contributed by atoms with Crippen LogP contribution in [-0.2, 0) is 9.53 Å². The summed E-state index contributed by atoms with van der Waals surface area (Å²) in [5, 5.41) is 5.41. The maximum atomic E-state index is 14.3. The Morgan fingerprint density at radius 1 is 0.976 bits per heavy atom. The molecule has 0 spiro atoms. The Hall–Kier alpha value is -3.86. The highest BCUT2D eigenvalue weighted by atomic mass is 19.2. The van der Waals surface area contributed by atoms with Crippen molar-refractivity contribution in [3.05, 3.63) is 82.3 Å². The van der Waals surface area contributed by atoms with Gasteiger partial charge in [0, 0.05) is 30.9 Å². The van der Waals surface area contributed by atoms with Crippen molar-refractivity contribution in [3.63, 3.8) is 0 Å². The zero-order valence-electron chi connectivity index (χ0n) is 23.0. The molecule has 218 valence electrons. The lowest BCUT2D eigenvalue weighted by Gasteiger charge is -2.37. The summed E-state index contributed by atoms with van der Waals surface area (Å²) in [6.45, 7) is 2.80. The van der Waals surface area contributed by atoms with Crippen molar-refractivity contribution >= 4 is 18.0 Å². The monoisotopic (exact) mass is 570 g/mol. The van der Waals surface area contributed by atoms with E-state index in [-0.39, 0.29) is 34.6 Å². The predicted molar refractivity (Wildman–Crippen MR) is 144 cm³/mol. The molecule has 1 aliphatic carbocycles. The van der Waals surface area contributed by atoms with Crippen LogP contribution < -0.4 is 10.6 Å². The van der Waals surface area contributed by atoms with Crippen molar-refractivity contribution in [2.45, 2.75) is 63.1 Å². The van der Waals surface area contributed by atoms with Crippen molar-refractivity contribution in [2.75, 3.05) is 20.2 Å². The Kier molecular flexibility index (Phi) is 8.35. The molecule has 11 heteroatoms. The second-order valence-corrected chi connectivity index (χ2v) is 10.9. The van der Waals surface area contributed by atoms with Gasteiger partial charge in [0.25, 0.3) is 0 Å². The van der Waals surface area contributed by atoms with Crippen LogP contribution in [-0.4, -0.2) is 60.1 Å². The highest BCUT2D eigenvalue weighted by Crippen LogP contribution is 2.38. The van der Waals surface area contributed by atoms with Gasteiger partial charge in [0.1, 0.15) is 11.9 Å². The van der Waals surface area contributed by atoms with Gasteiger partial charge < -0.3 is 15.4 Å². The van der Waals surface area contributed by atoms with E-state index in [1.54, 1.807) is 6.07 Å². The third-order valence-electron chi connectivity index (χ3n) is 8.44. The topological polar surface area (TPSA) is 91.0 Å². The van der Waals surface area contributed by atoms with E-state index in [0.717, 1.165) is 61.9 Å². The van der Waals surface area contributed by atoms with Crippen molar-refractivity contribution in [3.8, 4) is 0 Å². The second-order valence-electron chi connectivity index (χ2n) is 10.9. The molecule has 2 N–H and O–H groups in total. The van der Waals surface area contributed by atoms with Crippen LogP contribution in [0.2, 0.25) is 0 Å². The smallest absolute Gasteiger partial charge is 0.337 e. The van der Waals surface area contributed by atoms with E-state index in [2.05, 4.69) is 15.5 Å². The molecule has 1 unspecified atom stereocenters. The number of methoxy groups -OCH3 is 1. The number of halogens is 3. The van der Waals surface area contributed by atoms with Crippen LogP contribution in [0.15, 0.2) is 53.7 Å². The Labute approximate surface area is 236 Å². The summed E-state index contributed by atoms with van der Waals surface area (Å²) in [5.41, 5.74) is 0.906. The molecule has 4 amide bonds. The number of imide groups is 1. The summed E-state index contributed by atoms with van der Waals surface area (Å²) in [5.74, 6) is -3.06. The molecule has 3 aliphatic rings. The molecule has 0 radical (unpaired) electrons. The van der Waals surface area contributed by atoms with Gasteiger partial charge in [-0.1, -0.05) is 24.3 Å². The molecule has 1 saturated heterocycles. The molecule has 2 fully saturated rings. The van der Waals surface area contributed by atoms with E-state index in [4.69, 9.17) is 4.74 Å². The number of ether oxygens (including phenoxy) is 1. The molecule has 1 saturated carbocycles. The normalized spacial score (nSPS) is 25.2. The van der Waals surface area contributed by atoms with Crippen LogP contribution >= 0.6 is 0 Å². The molecule has 2 atom stereocenters. The molecular weight excluding hydrogens is 537 g/mol. The highest BCUT2D eigenvalue weighted by molar-refractivity contribution is 6.01. The second kappa shape index (κ2) is 11.9. The number of esters is 1. The number of nitrogens with zero attached hydrogens (tertiary/aromatic N) is 2. The maximum Gasteiger partial charge on any atom is 0.337 e. The van der Waals surface area contributed by atoms with Crippen molar-refractivity contribution in [1.29, 1.82) is 0 Å². The summed E-state index contributed by atoms with van der Waals surface area (Å²) in [6, 6.07) is 7.05. The van der Waals surface area contributed by atoms with Crippen LogP contribution in [0.5, 0.6) is 0 Å². The van der Waals surface area contributed by atoms with E-state index in [0.29, 0.717) is 19.0 Å². The van der Waals surface area contributed by atoms with Crippen molar-refractivity contribution in [1.82, 2.24) is 20.4 Å². The van der Waals surface area contributed by atoms with Crippen LogP contribution in [0.1, 0.15) is 62.1 Å². The number of hydrogen-bond donors (Lipinski definition) is 2. The number of benzene rings is 2. The number of urea groups is 2. The maximum absolute atomic E-state index is 14.3. The van der Waals surface area contributed by atoms with Gasteiger partial charge in [-0.15, -0.1) is 0 Å². The summed E-state index contributed by atoms with van der Waals surface area (Å²) < 4.78 is 47.1. The highest BCUT2D eigenvalue weighted by Gasteiger charge is 2.43. The summed E-state index contributed by atoms with van der Waals surface area (Å²) >= 11 is 0. The molecule has 41 heavy (non-hydrogen) atoms. The fourth-order valence-electron chi connectivity index (χ4n) is 6.36. The number of rotatable bonds is 5. The number of carbonyl (C=O) groups is 3. The molecule has 2 aromatic carbocycles. The van der Waals surface area contributed by atoms with Gasteiger partial charge in [-0.3, -0.25) is 4.90 Å². The molecular formula is C30H33F3N4O4. The minimum Gasteiger partial charge on any atom is -0.466 e. The van der Waals surface area contributed by atoms with Gasteiger partial charge in [0.05, 0.1) is 12.7 Å². The number of likely N-dealkylation sites (tertiary alicyclic amines) is 1. The quantitative estimate of drug-likeness (QED) is 0.487. The number of amides is 4. The largest absolute Gasteiger partial charge is 0.466 e. The van der Waals surface area contributed by atoms with E-state index in [1.165, 1.54) is 19.1 Å². The average Bonchev–Trinajstić information content (AvgIpc) is 3.42. The lowest BCUT2D eigenvalue weighted by molar-refractivity contribution is -0.136. The molecule has 8 nitrogen and oxygen atoms in total. The molecule has 2 heterocycles. The third kappa shape index (κ3) is 5.81. The first kappa shape index (κ1) is 28.7. The first-order chi connectivity index (χ1) is 19.7. The van der Waals surface area contributed by atoms with E-state index in [9.17, 15) is 27.6 Å². The summed E-state index contributed by atoms with van der Waals surface area (Å²) in [4.78, 5) is 42.4. The van der Waals surface area contributed by atoms with Gasteiger partial charge in [-0.25, -0.2) is 32.5 Å². The van der Waals surface area contributed by atoms with E-state index in [1.807, 2.05) is 12.1 Å². The Morgan fingerprint density at radius 2 is 1.71 bits per heavy atom. The molecule has 2 aliphatic heterocycles. The van der Waals surface area contributed by atoms with Crippen LogP contribution in [0.3, 0.4) is 0 Å². The SMILES string of the molecule is COC(=O)C1=C(C)NC(=O)N(C(=O)N[C@@H]2CCN(C3CCC(c4ccccc4F)CC3)C2)C1c1ccc(F)c(F)c1. The minimum atomic E-state index is -1.32. The lowest BCUT2D eigenvalue weighted by atomic mass is 9.81. The number of nitrogens with one attached hydrogen (secondary N) is 2.